The standard InChI is InChI=1S/C36H24N4/c1-38-33-18-10-7-15-30(33)37-36(38)40-32-17-9-5-13-25(32)27-20-19-23-21-34-29(22-28(23)35(27)40)26-14-6-8-16-31(26)39(34)24-11-3-2-4-12-24/h2-22H,1H3. The van der Waals surface area contributed by atoms with Crippen molar-refractivity contribution in [1.82, 2.24) is 18.7 Å². The number of aromatic nitrogens is 4. The second-order valence-electron chi connectivity index (χ2n) is 10.6. The highest BCUT2D eigenvalue weighted by molar-refractivity contribution is 6.22. The van der Waals surface area contributed by atoms with E-state index >= 15 is 0 Å². The lowest BCUT2D eigenvalue weighted by Gasteiger charge is -2.11. The van der Waals surface area contributed by atoms with Crippen LogP contribution in [0.4, 0.5) is 0 Å². The van der Waals surface area contributed by atoms with Crippen molar-refractivity contribution in [2.75, 3.05) is 0 Å². The lowest BCUT2D eigenvalue weighted by atomic mass is 10.0. The second-order valence-corrected chi connectivity index (χ2v) is 10.6. The van der Waals surface area contributed by atoms with Crippen molar-refractivity contribution in [1.29, 1.82) is 0 Å². The number of nitrogens with zero attached hydrogens (tertiary/aromatic N) is 4. The highest BCUT2D eigenvalue weighted by Crippen LogP contribution is 2.40. The average molecular weight is 513 g/mol. The van der Waals surface area contributed by atoms with Gasteiger partial charge in [-0.05, 0) is 53.9 Å². The molecule has 4 heteroatoms. The molecular weight excluding hydrogens is 488 g/mol. The molecule has 188 valence electrons. The van der Waals surface area contributed by atoms with E-state index < -0.39 is 0 Å². The maximum atomic E-state index is 5.14. The highest BCUT2D eigenvalue weighted by Gasteiger charge is 2.20. The van der Waals surface area contributed by atoms with Gasteiger partial charge in [0.15, 0.2) is 0 Å². The molecule has 40 heavy (non-hydrogen) atoms. The number of hydrogen-bond acceptors (Lipinski definition) is 1. The Morgan fingerprint density at radius 3 is 1.90 bits per heavy atom. The molecule has 0 aliphatic heterocycles. The Labute approximate surface area is 229 Å². The third-order valence-corrected chi connectivity index (χ3v) is 8.42. The van der Waals surface area contributed by atoms with E-state index in [-0.39, 0.29) is 0 Å². The van der Waals surface area contributed by atoms with Gasteiger partial charge in [-0.3, -0.25) is 4.57 Å². The first-order chi connectivity index (χ1) is 19.8. The van der Waals surface area contributed by atoms with E-state index in [1.54, 1.807) is 0 Å². The molecule has 0 saturated carbocycles. The SMILES string of the molecule is Cn1c(-n2c3ccccc3c3ccc4cc5c(cc4c32)c2ccccc2n5-c2ccccc2)nc2ccccc21. The summed E-state index contributed by atoms with van der Waals surface area (Å²) in [4.78, 5) is 5.14. The van der Waals surface area contributed by atoms with Crippen molar-refractivity contribution in [3.63, 3.8) is 0 Å². The van der Waals surface area contributed by atoms with Crippen LogP contribution in [0.1, 0.15) is 0 Å². The molecule has 0 unspecified atom stereocenters. The quantitative estimate of drug-likeness (QED) is 0.227. The Hall–Kier alpha value is -5.35. The van der Waals surface area contributed by atoms with Crippen LogP contribution in [0, 0.1) is 0 Å². The fourth-order valence-corrected chi connectivity index (χ4v) is 6.64. The summed E-state index contributed by atoms with van der Waals surface area (Å²) in [6, 6.07) is 45.7. The van der Waals surface area contributed by atoms with Crippen LogP contribution in [-0.2, 0) is 7.05 Å². The molecule has 0 aliphatic rings. The summed E-state index contributed by atoms with van der Waals surface area (Å²) in [6.45, 7) is 0. The van der Waals surface area contributed by atoms with Gasteiger partial charge in [-0.15, -0.1) is 0 Å². The zero-order chi connectivity index (χ0) is 26.4. The van der Waals surface area contributed by atoms with Crippen LogP contribution in [0.5, 0.6) is 0 Å². The van der Waals surface area contributed by atoms with Crippen LogP contribution in [0.3, 0.4) is 0 Å². The third kappa shape index (κ3) is 2.77. The summed E-state index contributed by atoms with van der Waals surface area (Å²) in [5.41, 5.74) is 8.07. The Balaban J connectivity index is 1.48. The number of benzene rings is 6. The molecule has 3 heterocycles. The van der Waals surface area contributed by atoms with Crippen molar-refractivity contribution < 1.29 is 0 Å². The number of aryl methyl sites for hydroxylation is 1. The Morgan fingerprint density at radius 1 is 0.475 bits per heavy atom. The molecule has 0 bridgehead atoms. The number of imidazole rings is 1. The number of rotatable bonds is 2. The van der Waals surface area contributed by atoms with E-state index in [0.717, 1.165) is 22.5 Å². The Morgan fingerprint density at radius 2 is 1.12 bits per heavy atom. The van der Waals surface area contributed by atoms with E-state index in [9.17, 15) is 0 Å². The summed E-state index contributed by atoms with van der Waals surface area (Å²) in [7, 11) is 2.11. The normalized spacial score (nSPS) is 12.1. The summed E-state index contributed by atoms with van der Waals surface area (Å²) in [5, 5.41) is 7.42. The van der Waals surface area contributed by atoms with Crippen molar-refractivity contribution in [3.8, 4) is 11.6 Å². The summed E-state index contributed by atoms with van der Waals surface area (Å²) in [5.74, 6) is 0.923. The van der Waals surface area contributed by atoms with Crippen molar-refractivity contribution in [2.24, 2.45) is 7.05 Å². The van der Waals surface area contributed by atoms with Gasteiger partial charge in [-0.25, -0.2) is 4.98 Å². The van der Waals surface area contributed by atoms with Gasteiger partial charge in [0.1, 0.15) is 0 Å². The smallest absolute Gasteiger partial charge is 0.215 e. The van der Waals surface area contributed by atoms with Crippen molar-refractivity contribution in [2.45, 2.75) is 0 Å². The van der Waals surface area contributed by atoms with Gasteiger partial charge >= 0.3 is 0 Å². The van der Waals surface area contributed by atoms with Gasteiger partial charge in [-0.1, -0.05) is 78.9 Å². The van der Waals surface area contributed by atoms with E-state index in [1.165, 1.54) is 54.6 Å². The number of hydrogen-bond donors (Lipinski definition) is 0. The number of fused-ring (bicyclic) bond motifs is 9. The van der Waals surface area contributed by atoms with Crippen LogP contribution >= 0.6 is 0 Å². The predicted octanol–water partition coefficient (Wildman–Crippen LogP) is 8.92. The molecule has 0 amide bonds. The van der Waals surface area contributed by atoms with Gasteiger partial charge in [0, 0.05) is 39.7 Å². The highest BCUT2D eigenvalue weighted by atomic mass is 15.2. The molecule has 0 atom stereocenters. The van der Waals surface area contributed by atoms with Crippen LogP contribution in [-0.4, -0.2) is 18.7 Å². The first-order valence-electron chi connectivity index (χ1n) is 13.6. The molecule has 0 aliphatic carbocycles. The predicted molar refractivity (Wildman–Crippen MR) is 167 cm³/mol. The monoisotopic (exact) mass is 512 g/mol. The molecule has 6 aromatic carbocycles. The van der Waals surface area contributed by atoms with Crippen LogP contribution < -0.4 is 0 Å². The number of para-hydroxylation sites is 5. The Kier molecular flexibility index (Phi) is 4.23. The van der Waals surface area contributed by atoms with Crippen molar-refractivity contribution >= 4 is 65.4 Å². The van der Waals surface area contributed by atoms with E-state index in [4.69, 9.17) is 4.98 Å². The zero-order valence-electron chi connectivity index (χ0n) is 21.9. The van der Waals surface area contributed by atoms with Crippen LogP contribution in [0.15, 0.2) is 127 Å². The fraction of sp³-hybridized carbons (Fsp3) is 0.0278. The van der Waals surface area contributed by atoms with Gasteiger partial charge in [0.05, 0.1) is 33.1 Å². The van der Waals surface area contributed by atoms with E-state index in [0.29, 0.717) is 0 Å². The Bertz CT molecular complexity index is 2440. The molecule has 0 saturated heterocycles. The molecule has 0 spiro atoms. The van der Waals surface area contributed by atoms with Crippen LogP contribution in [0.2, 0.25) is 0 Å². The largest absolute Gasteiger partial charge is 0.313 e. The van der Waals surface area contributed by atoms with Gasteiger partial charge in [0.25, 0.3) is 0 Å². The topological polar surface area (TPSA) is 27.7 Å². The zero-order valence-corrected chi connectivity index (χ0v) is 21.9. The van der Waals surface area contributed by atoms with Crippen molar-refractivity contribution in [3.05, 3.63) is 127 Å². The van der Waals surface area contributed by atoms with Gasteiger partial charge in [0.2, 0.25) is 5.95 Å². The maximum Gasteiger partial charge on any atom is 0.215 e. The second kappa shape index (κ2) is 7.84. The molecule has 9 aromatic rings. The third-order valence-electron chi connectivity index (χ3n) is 8.42. The molecule has 0 N–H and O–H groups in total. The molecule has 9 rings (SSSR count). The minimum absolute atomic E-state index is 0.923. The van der Waals surface area contributed by atoms with E-state index in [2.05, 4.69) is 148 Å². The first kappa shape index (κ1) is 21.6. The maximum absolute atomic E-state index is 5.14. The minimum Gasteiger partial charge on any atom is -0.313 e. The molecule has 0 radical (unpaired) electrons. The minimum atomic E-state index is 0.923. The van der Waals surface area contributed by atoms with Gasteiger partial charge < -0.3 is 9.13 Å². The molecule has 4 nitrogen and oxygen atoms in total. The van der Waals surface area contributed by atoms with E-state index in [1.807, 2.05) is 0 Å². The summed E-state index contributed by atoms with van der Waals surface area (Å²) >= 11 is 0. The molecular formula is C36H24N4. The summed E-state index contributed by atoms with van der Waals surface area (Å²) < 4.78 is 6.95. The summed E-state index contributed by atoms with van der Waals surface area (Å²) in [6.07, 6.45) is 0. The lowest BCUT2D eigenvalue weighted by molar-refractivity contribution is 0.871. The average Bonchev–Trinajstić information content (AvgIpc) is 3.63. The molecule has 0 fully saturated rings. The van der Waals surface area contributed by atoms with Gasteiger partial charge in [-0.2, -0.15) is 0 Å². The fourth-order valence-electron chi connectivity index (χ4n) is 6.64. The van der Waals surface area contributed by atoms with Crippen LogP contribution in [0.25, 0.3) is 77.1 Å². The lowest BCUT2D eigenvalue weighted by Crippen LogP contribution is -2.03. The first-order valence-corrected chi connectivity index (χ1v) is 13.6. The molecule has 3 aromatic heterocycles.